The van der Waals surface area contributed by atoms with Crippen LogP contribution < -0.4 is 0 Å². The smallest absolute Gasteiger partial charge is 0.262 e. The number of benzene rings is 2. The Kier molecular flexibility index (Phi) is 4.75. The van der Waals surface area contributed by atoms with Gasteiger partial charge >= 0.3 is 0 Å². The number of carbonyl (C=O) groups is 2. The molecule has 0 aliphatic carbocycles. The number of halogens is 1. The van der Waals surface area contributed by atoms with Gasteiger partial charge in [0, 0.05) is 24.5 Å². The van der Waals surface area contributed by atoms with Crippen LogP contribution in [0.3, 0.4) is 0 Å². The maximum absolute atomic E-state index is 12.7. The first-order valence-electron chi connectivity index (χ1n) is 8.85. The standard InChI is InChI=1S/C21H19ClN4O2/c1-24-12-11-23-19(24)18(14-7-9-15(22)10-8-14)25(2)13-26-20(27)16-5-3-4-6-17(16)21(26)28/h3-12,18H,13H2,1-2H3/t18-/m1/s1. The summed E-state index contributed by atoms with van der Waals surface area (Å²) in [6.07, 6.45) is 3.60. The number of hydrogen-bond donors (Lipinski definition) is 0. The fourth-order valence-electron chi connectivity index (χ4n) is 3.56. The van der Waals surface area contributed by atoms with Crippen LogP contribution in [0.5, 0.6) is 0 Å². The molecule has 1 aromatic heterocycles. The predicted molar refractivity (Wildman–Crippen MR) is 106 cm³/mol. The van der Waals surface area contributed by atoms with Gasteiger partial charge in [-0.15, -0.1) is 0 Å². The minimum absolute atomic E-state index is 0.145. The maximum atomic E-state index is 12.7. The van der Waals surface area contributed by atoms with Gasteiger partial charge in [0.1, 0.15) is 5.82 Å². The Hall–Kier alpha value is -2.96. The van der Waals surface area contributed by atoms with Crippen molar-refractivity contribution in [1.29, 1.82) is 0 Å². The normalized spacial score (nSPS) is 14.6. The van der Waals surface area contributed by atoms with Gasteiger partial charge in [0.2, 0.25) is 0 Å². The number of carbonyl (C=O) groups excluding carboxylic acids is 2. The molecule has 0 saturated carbocycles. The molecule has 0 radical (unpaired) electrons. The Morgan fingerprint density at radius 2 is 1.64 bits per heavy atom. The molecule has 2 heterocycles. The number of aromatic nitrogens is 2. The van der Waals surface area contributed by atoms with Gasteiger partial charge in [0.15, 0.2) is 0 Å². The number of nitrogens with zero attached hydrogens (tertiary/aromatic N) is 4. The molecule has 2 aromatic carbocycles. The largest absolute Gasteiger partial charge is 0.336 e. The zero-order valence-corrected chi connectivity index (χ0v) is 16.3. The molecule has 142 valence electrons. The summed E-state index contributed by atoms with van der Waals surface area (Å²) in [5.41, 5.74) is 1.86. The topological polar surface area (TPSA) is 58.4 Å². The van der Waals surface area contributed by atoms with Crippen molar-refractivity contribution in [2.75, 3.05) is 13.7 Å². The average Bonchev–Trinajstić information content (AvgIpc) is 3.21. The first kappa shape index (κ1) is 18.4. The van der Waals surface area contributed by atoms with Gasteiger partial charge in [-0.1, -0.05) is 35.9 Å². The molecule has 0 saturated heterocycles. The quantitative estimate of drug-likeness (QED) is 0.623. The van der Waals surface area contributed by atoms with Crippen molar-refractivity contribution in [2.45, 2.75) is 6.04 Å². The lowest BCUT2D eigenvalue weighted by molar-refractivity contribution is 0.0535. The third-order valence-corrected chi connectivity index (χ3v) is 5.22. The van der Waals surface area contributed by atoms with Crippen LogP contribution in [0.1, 0.15) is 38.1 Å². The van der Waals surface area contributed by atoms with Crippen LogP contribution in [0.15, 0.2) is 60.9 Å². The highest BCUT2D eigenvalue weighted by atomic mass is 35.5. The number of imide groups is 1. The van der Waals surface area contributed by atoms with Crippen LogP contribution in [0, 0.1) is 0 Å². The lowest BCUT2D eigenvalue weighted by atomic mass is 10.1. The molecule has 1 atom stereocenters. The van der Waals surface area contributed by atoms with Crippen LogP contribution >= 0.6 is 11.6 Å². The first-order chi connectivity index (χ1) is 13.5. The van der Waals surface area contributed by atoms with E-state index in [4.69, 9.17) is 11.6 Å². The summed E-state index contributed by atoms with van der Waals surface area (Å²) < 4.78 is 1.93. The zero-order chi connectivity index (χ0) is 19.8. The SMILES string of the molecule is CN(CN1C(=O)c2ccccc2C1=O)[C@H](c1ccc(Cl)cc1)c1nccn1C. The number of imidazole rings is 1. The molecular weight excluding hydrogens is 376 g/mol. The summed E-state index contributed by atoms with van der Waals surface area (Å²) in [5.74, 6) is 0.255. The van der Waals surface area contributed by atoms with E-state index < -0.39 is 0 Å². The Morgan fingerprint density at radius 1 is 1.04 bits per heavy atom. The molecule has 1 aliphatic rings. The number of amides is 2. The van der Waals surface area contributed by atoms with Crippen molar-refractivity contribution in [1.82, 2.24) is 19.4 Å². The van der Waals surface area contributed by atoms with E-state index in [1.54, 1.807) is 30.5 Å². The monoisotopic (exact) mass is 394 g/mol. The van der Waals surface area contributed by atoms with Gasteiger partial charge in [-0.3, -0.25) is 19.4 Å². The van der Waals surface area contributed by atoms with E-state index in [0.29, 0.717) is 16.1 Å². The number of fused-ring (bicyclic) bond motifs is 1. The van der Waals surface area contributed by atoms with Gasteiger partial charge in [0.05, 0.1) is 23.8 Å². The second-order valence-electron chi connectivity index (χ2n) is 6.83. The van der Waals surface area contributed by atoms with Crippen molar-refractivity contribution in [2.24, 2.45) is 7.05 Å². The summed E-state index contributed by atoms with van der Waals surface area (Å²) in [5, 5.41) is 0.644. The fourth-order valence-corrected chi connectivity index (χ4v) is 3.68. The summed E-state index contributed by atoms with van der Waals surface area (Å²) in [6, 6.07) is 14.2. The highest BCUT2D eigenvalue weighted by Crippen LogP contribution is 2.29. The number of aryl methyl sites for hydroxylation is 1. The van der Waals surface area contributed by atoms with Crippen molar-refractivity contribution >= 4 is 23.4 Å². The van der Waals surface area contributed by atoms with E-state index in [0.717, 1.165) is 11.4 Å². The van der Waals surface area contributed by atoms with E-state index >= 15 is 0 Å². The molecule has 0 unspecified atom stereocenters. The second-order valence-corrected chi connectivity index (χ2v) is 7.27. The molecule has 4 rings (SSSR count). The molecule has 1 aliphatic heterocycles. The van der Waals surface area contributed by atoms with Crippen LogP contribution in [0.4, 0.5) is 0 Å². The van der Waals surface area contributed by atoms with Crippen molar-refractivity contribution < 1.29 is 9.59 Å². The molecule has 0 N–H and O–H groups in total. The van der Waals surface area contributed by atoms with E-state index in [1.165, 1.54) is 4.90 Å². The van der Waals surface area contributed by atoms with Crippen LogP contribution in [-0.2, 0) is 7.05 Å². The predicted octanol–water partition coefficient (Wildman–Crippen LogP) is 3.35. The van der Waals surface area contributed by atoms with Gasteiger partial charge < -0.3 is 4.57 Å². The highest BCUT2D eigenvalue weighted by Gasteiger charge is 2.37. The third kappa shape index (κ3) is 3.10. The Balaban J connectivity index is 1.66. The molecule has 6 nitrogen and oxygen atoms in total. The fraction of sp³-hybridized carbons (Fsp3) is 0.190. The summed E-state index contributed by atoms with van der Waals surface area (Å²) in [6.45, 7) is 0.145. The van der Waals surface area contributed by atoms with E-state index in [9.17, 15) is 9.59 Å². The minimum Gasteiger partial charge on any atom is -0.336 e. The summed E-state index contributed by atoms with van der Waals surface area (Å²) in [7, 11) is 3.79. The van der Waals surface area contributed by atoms with Crippen LogP contribution in [0.2, 0.25) is 5.02 Å². The molecular formula is C21H19ClN4O2. The van der Waals surface area contributed by atoms with Crippen molar-refractivity contribution in [3.63, 3.8) is 0 Å². The lowest BCUT2D eigenvalue weighted by Gasteiger charge is -2.31. The van der Waals surface area contributed by atoms with Gasteiger partial charge in [-0.05, 0) is 36.9 Å². The second kappa shape index (κ2) is 7.22. The molecule has 0 fully saturated rings. The van der Waals surface area contributed by atoms with Crippen LogP contribution in [-0.4, -0.2) is 44.9 Å². The lowest BCUT2D eigenvalue weighted by Crippen LogP contribution is -2.41. The first-order valence-corrected chi connectivity index (χ1v) is 9.23. The molecule has 3 aromatic rings. The van der Waals surface area contributed by atoms with Gasteiger partial charge in [-0.25, -0.2) is 4.98 Å². The Labute approximate surface area is 168 Å². The highest BCUT2D eigenvalue weighted by molar-refractivity contribution is 6.30. The van der Waals surface area contributed by atoms with E-state index in [-0.39, 0.29) is 24.5 Å². The molecule has 2 amide bonds. The van der Waals surface area contributed by atoms with Crippen molar-refractivity contribution in [3.05, 3.63) is 88.5 Å². The molecule has 28 heavy (non-hydrogen) atoms. The molecule has 7 heteroatoms. The summed E-state index contributed by atoms with van der Waals surface area (Å²) >= 11 is 6.05. The Morgan fingerprint density at radius 3 is 2.18 bits per heavy atom. The van der Waals surface area contributed by atoms with E-state index in [1.807, 2.05) is 54.0 Å². The van der Waals surface area contributed by atoms with Gasteiger partial charge in [0.25, 0.3) is 11.8 Å². The number of rotatable bonds is 5. The third-order valence-electron chi connectivity index (χ3n) is 4.97. The average molecular weight is 395 g/mol. The maximum Gasteiger partial charge on any atom is 0.262 e. The minimum atomic E-state index is -0.276. The van der Waals surface area contributed by atoms with E-state index in [2.05, 4.69) is 4.98 Å². The molecule has 0 bridgehead atoms. The molecule has 0 spiro atoms. The Bertz CT molecular complexity index is 1010. The van der Waals surface area contributed by atoms with Crippen molar-refractivity contribution in [3.8, 4) is 0 Å². The van der Waals surface area contributed by atoms with Gasteiger partial charge in [-0.2, -0.15) is 0 Å². The zero-order valence-electron chi connectivity index (χ0n) is 15.5. The number of hydrogen-bond acceptors (Lipinski definition) is 4. The van der Waals surface area contributed by atoms with Crippen LogP contribution in [0.25, 0.3) is 0 Å². The summed E-state index contributed by atoms with van der Waals surface area (Å²) in [4.78, 5) is 33.2.